The first-order chi connectivity index (χ1) is 6.60. The molecule has 0 saturated carbocycles. The van der Waals surface area contributed by atoms with Crippen LogP contribution in [0.4, 0.5) is 0 Å². The van der Waals surface area contributed by atoms with E-state index < -0.39 is 0 Å². The van der Waals surface area contributed by atoms with Gasteiger partial charge in [0, 0.05) is 25.7 Å². The Bertz CT molecular complexity index is 123. The molecule has 14 heavy (non-hydrogen) atoms. The van der Waals surface area contributed by atoms with Crippen LogP contribution in [0, 0.1) is 5.92 Å². The van der Waals surface area contributed by atoms with Gasteiger partial charge in [0.25, 0.3) is 0 Å². The van der Waals surface area contributed by atoms with Gasteiger partial charge in [0.2, 0.25) is 0 Å². The van der Waals surface area contributed by atoms with Crippen molar-refractivity contribution in [3.8, 4) is 0 Å². The molecule has 0 aromatic heterocycles. The van der Waals surface area contributed by atoms with Crippen molar-refractivity contribution in [3.05, 3.63) is 0 Å². The average Bonchev–Trinajstić information content (AvgIpc) is 2.15. The summed E-state index contributed by atoms with van der Waals surface area (Å²) in [6.45, 7) is 16.0. The van der Waals surface area contributed by atoms with Gasteiger partial charge in [0.05, 0.1) is 0 Å². The highest BCUT2D eigenvalue weighted by atomic mass is 15.1. The fraction of sp³-hybridized carbons (Fsp3) is 1.00. The Labute approximate surface area is 90.1 Å². The minimum Gasteiger partial charge on any atom is -0.313 e. The topological polar surface area (TPSA) is 15.3 Å². The molecule has 0 aromatic rings. The van der Waals surface area contributed by atoms with E-state index in [1.54, 1.807) is 0 Å². The zero-order valence-corrected chi connectivity index (χ0v) is 10.6. The number of likely N-dealkylation sites (N-methyl/N-ethyl adjacent to an activating group) is 1. The lowest BCUT2D eigenvalue weighted by Gasteiger charge is -2.23. The second-order valence-corrected chi connectivity index (χ2v) is 4.55. The minimum atomic E-state index is 0.660. The van der Waals surface area contributed by atoms with Gasteiger partial charge in [0.15, 0.2) is 0 Å². The van der Waals surface area contributed by atoms with Gasteiger partial charge in [-0.15, -0.1) is 0 Å². The molecular formula is C12H28N2. The molecule has 0 heterocycles. The third-order valence-corrected chi connectivity index (χ3v) is 2.60. The molecule has 0 fully saturated rings. The monoisotopic (exact) mass is 200 g/mol. The molecule has 0 bridgehead atoms. The molecule has 0 aliphatic heterocycles. The first-order valence-electron chi connectivity index (χ1n) is 6.05. The second kappa shape index (κ2) is 8.25. The highest BCUT2D eigenvalue weighted by Crippen LogP contribution is 1.97. The van der Waals surface area contributed by atoms with Crippen molar-refractivity contribution in [3.63, 3.8) is 0 Å². The van der Waals surface area contributed by atoms with Crippen LogP contribution in [0.1, 0.15) is 41.0 Å². The summed E-state index contributed by atoms with van der Waals surface area (Å²) in [6, 6.07) is 0.660. The summed E-state index contributed by atoms with van der Waals surface area (Å²) in [4.78, 5) is 2.51. The van der Waals surface area contributed by atoms with E-state index in [0.717, 1.165) is 12.5 Å². The highest BCUT2D eigenvalue weighted by molar-refractivity contribution is 4.63. The molecule has 86 valence electrons. The van der Waals surface area contributed by atoms with Gasteiger partial charge in [-0.3, -0.25) is 0 Å². The smallest absolute Gasteiger partial charge is 0.0107 e. The number of hydrogen-bond donors (Lipinski definition) is 1. The standard InChI is InChI=1S/C12H28N2/c1-6-12(5)13-8-9-14(7-2)10-11(3)4/h11-13H,6-10H2,1-5H3. The van der Waals surface area contributed by atoms with Crippen LogP contribution in [-0.4, -0.2) is 37.1 Å². The lowest BCUT2D eigenvalue weighted by atomic mass is 10.2. The van der Waals surface area contributed by atoms with Crippen LogP contribution in [0.5, 0.6) is 0 Å². The molecule has 0 aliphatic rings. The summed E-state index contributed by atoms with van der Waals surface area (Å²) < 4.78 is 0. The molecule has 0 aromatic carbocycles. The van der Waals surface area contributed by atoms with E-state index in [-0.39, 0.29) is 0 Å². The van der Waals surface area contributed by atoms with Crippen molar-refractivity contribution < 1.29 is 0 Å². The third kappa shape index (κ3) is 7.34. The summed E-state index contributed by atoms with van der Waals surface area (Å²) in [5.74, 6) is 0.776. The van der Waals surface area contributed by atoms with E-state index >= 15 is 0 Å². The fourth-order valence-electron chi connectivity index (χ4n) is 1.51. The first kappa shape index (κ1) is 13.9. The normalized spacial score (nSPS) is 13.9. The predicted octanol–water partition coefficient (Wildman–Crippen LogP) is 2.35. The Kier molecular flexibility index (Phi) is 8.20. The lowest BCUT2D eigenvalue weighted by Crippen LogP contribution is -2.37. The van der Waals surface area contributed by atoms with Gasteiger partial charge in [-0.2, -0.15) is 0 Å². The summed E-state index contributed by atoms with van der Waals surface area (Å²) in [5.41, 5.74) is 0. The molecule has 1 N–H and O–H groups in total. The predicted molar refractivity (Wildman–Crippen MR) is 64.7 cm³/mol. The molecule has 1 atom stereocenters. The Morgan fingerprint density at radius 2 is 1.79 bits per heavy atom. The molecule has 1 unspecified atom stereocenters. The average molecular weight is 200 g/mol. The van der Waals surface area contributed by atoms with Gasteiger partial charge >= 0.3 is 0 Å². The summed E-state index contributed by atoms with van der Waals surface area (Å²) in [6.07, 6.45) is 1.22. The quantitative estimate of drug-likeness (QED) is 0.647. The second-order valence-electron chi connectivity index (χ2n) is 4.55. The van der Waals surface area contributed by atoms with Crippen molar-refractivity contribution in [1.29, 1.82) is 0 Å². The number of hydrogen-bond acceptors (Lipinski definition) is 2. The van der Waals surface area contributed by atoms with E-state index in [4.69, 9.17) is 0 Å². The molecule has 2 heteroatoms. The molecule has 0 amide bonds. The third-order valence-electron chi connectivity index (χ3n) is 2.60. The number of nitrogens with zero attached hydrogens (tertiary/aromatic N) is 1. The highest BCUT2D eigenvalue weighted by Gasteiger charge is 2.04. The maximum atomic E-state index is 3.53. The van der Waals surface area contributed by atoms with Gasteiger partial charge in [-0.05, 0) is 25.8 Å². The van der Waals surface area contributed by atoms with Crippen molar-refractivity contribution in [2.75, 3.05) is 26.2 Å². The SMILES string of the molecule is CCC(C)NCCN(CC)CC(C)C. The van der Waals surface area contributed by atoms with Crippen LogP contribution in [-0.2, 0) is 0 Å². The van der Waals surface area contributed by atoms with Crippen LogP contribution < -0.4 is 5.32 Å². The van der Waals surface area contributed by atoms with Crippen molar-refractivity contribution >= 4 is 0 Å². The van der Waals surface area contributed by atoms with Gasteiger partial charge in [0.1, 0.15) is 0 Å². The fourth-order valence-corrected chi connectivity index (χ4v) is 1.51. The Morgan fingerprint density at radius 1 is 1.14 bits per heavy atom. The van der Waals surface area contributed by atoms with Crippen LogP contribution in [0.2, 0.25) is 0 Å². The molecular weight excluding hydrogens is 172 g/mol. The molecule has 0 rings (SSSR count). The molecule has 0 aliphatic carbocycles. The van der Waals surface area contributed by atoms with Crippen LogP contribution in [0.15, 0.2) is 0 Å². The first-order valence-corrected chi connectivity index (χ1v) is 6.05. The zero-order chi connectivity index (χ0) is 11.0. The Balaban J connectivity index is 3.52. The van der Waals surface area contributed by atoms with Crippen LogP contribution in [0.25, 0.3) is 0 Å². The van der Waals surface area contributed by atoms with E-state index in [1.807, 2.05) is 0 Å². The molecule has 2 nitrogen and oxygen atoms in total. The van der Waals surface area contributed by atoms with E-state index in [9.17, 15) is 0 Å². The Hall–Kier alpha value is -0.0800. The van der Waals surface area contributed by atoms with Crippen molar-refractivity contribution in [2.45, 2.75) is 47.1 Å². The maximum absolute atomic E-state index is 3.53. The maximum Gasteiger partial charge on any atom is 0.0107 e. The minimum absolute atomic E-state index is 0.660. The molecule has 0 saturated heterocycles. The summed E-state index contributed by atoms with van der Waals surface area (Å²) in [5, 5.41) is 3.53. The largest absolute Gasteiger partial charge is 0.313 e. The van der Waals surface area contributed by atoms with Gasteiger partial charge in [-0.1, -0.05) is 27.7 Å². The molecule has 0 radical (unpaired) electrons. The summed E-state index contributed by atoms with van der Waals surface area (Å²) >= 11 is 0. The van der Waals surface area contributed by atoms with E-state index in [0.29, 0.717) is 6.04 Å². The van der Waals surface area contributed by atoms with Crippen LogP contribution >= 0.6 is 0 Å². The summed E-state index contributed by atoms with van der Waals surface area (Å²) in [7, 11) is 0. The lowest BCUT2D eigenvalue weighted by molar-refractivity contribution is 0.253. The van der Waals surface area contributed by atoms with Gasteiger partial charge in [-0.25, -0.2) is 0 Å². The van der Waals surface area contributed by atoms with E-state index in [1.165, 1.54) is 26.1 Å². The van der Waals surface area contributed by atoms with Crippen molar-refractivity contribution in [2.24, 2.45) is 5.92 Å². The van der Waals surface area contributed by atoms with Gasteiger partial charge < -0.3 is 10.2 Å². The van der Waals surface area contributed by atoms with E-state index in [2.05, 4.69) is 44.8 Å². The Morgan fingerprint density at radius 3 is 2.21 bits per heavy atom. The number of rotatable bonds is 8. The van der Waals surface area contributed by atoms with Crippen LogP contribution in [0.3, 0.4) is 0 Å². The van der Waals surface area contributed by atoms with Crippen molar-refractivity contribution in [1.82, 2.24) is 10.2 Å². The number of nitrogens with one attached hydrogen (secondary N) is 1. The molecule has 0 spiro atoms. The zero-order valence-electron chi connectivity index (χ0n) is 10.6.